The van der Waals surface area contributed by atoms with Crippen LogP contribution >= 0.6 is 0 Å². The van der Waals surface area contributed by atoms with Crippen molar-refractivity contribution in [2.24, 2.45) is 0 Å². The third kappa shape index (κ3) is 3.12. The molecule has 21 heavy (non-hydrogen) atoms. The van der Waals surface area contributed by atoms with Crippen LogP contribution in [0.4, 0.5) is 5.69 Å². The van der Waals surface area contributed by atoms with Crippen molar-refractivity contribution in [2.75, 3.05) is 18.5 Å². The van der Waals surface area contributed by atoms with E-state index in [4.69, 9.17) is 9.47 Å². The zero-order chi connectivity index (χ0) is 14.7. The van der Waals surface area contributed by atoms with Crippen molar-refractivity contribution in [2.45, 2.75) is 32.9 Å². The lowest BCUT2D eigenvalue weighted by molar-refractivity contribution is 0.297. The number of aryl methyl sites for hydroxylation is 1. The Kier molecular flexibility index (Phi) is 3.99. The fourth-order valence-electron chi connectivity index (χ4n) is 2.39. The first-order valence-corrected chi connectivity index (χ1v) is 7.45. The summed E-state index contributed by atoms with van der Waals surface area (Å²) < 4.78 is 13.3. The van der Waals surface area contributed by atoms with E-state index in [2.05, 4.69) is 36.4 Å². The Balaban J connectivity index is 1.75. The molecule has 1 aromatic carbocycles. The summed E-state index contributed by atoms with van der Waals surface area (Å²) in [5.41, 5.74) is 2.19. The summed E-state index contributed by atoms with van der Waals surface area (Å²) >= 11 is 0. The van der Waals surface area contributed by atoms with Crippen LogP contribution in [-0.2, 0) is 6.54 Å². The zero-order valence-electron chi connectivity index (χ0n) is 12.5. The second-order valence-electron chi connectivity index (χ2n) is 5.21. The molecular weight excluding hydrogens is 266 g/mol. The Morgan fingerprint density at radius 2 is 2.10 bits per heavy atom. The van der Waals surface area contributed by atoms with E-state index in [9.17, 15) is 0 Å². The van der Waals surface area contributed by atoms with Gasteiger partial charge in [-0.2, -0.15) is 5.10 Å². The molecule has 0 saturated carbocycles. The number of anilines is 1. The Morgan fingerprint density at radius 3 is 2.86 bits per heavy atom. The van der Waals surface area contributed by atoms with E-state index >= 15 is 0 Å². The minimum absolute atomic E-state index is 0.177. The monoisotopic (exact) mass is 287 g/mol. The highest BCUT2D eigenvalue weighted by Crippen LogP contribution is 2.33. The molecule has 0 bridgehead atoms. The molecule has 0 aliphatic carbocycles. The van der Waals surface area contributed by atoms with E-state index in [-0.39, 0.29) is 6.04 Å². The van der Waals surface area contributed by atoms with Crippen LogP contribution in [-0.4, -0.2) is 23.0 Å². The van der Waals surface area contributed by atoms with Gasteiger partial charge < -0.3 is 14.8 Å². The summed E-state index contributed by atoms with van der Waals surface area (Å²) in [5.74, 6) is 1.67. The van der Waals surface area contributed by atoms with Gasteiger partial charge in [0.25, 0.3) is 0 Å². The van der Waals surface area contributed by atoms with Gasteiger partial charge in [-0.3, -0.25) is 4.68 Å². The van der Waals surface area contributed by atoms with Gasteiger partial charge in [0, 0.05) is 25.2 Å². The van der Waals surface area contributed by atoms with E-state index in [1.54, 1.807) is 0 Å². The SMILES string of the molecule is CCn1cc(NC(C)c2ccc3c(c2)OCCCO3)cn1. The Bertz CT molecular complexity index is 609. The lowest BCUT2D eigenvalue weighted by atomic mass is 10.1. The molecule has 0 spiro atoms. The summed E-state index contributed by atoms with van der Waals surface area (Å²) in [6.45, 7) is 6.50. The standard InChI is InChI=1S/C16H21N3O2/c1-3-19-11-14(10-17-19)18-12(2)13-5-6-15-16(9-13)21-8-4-7-20-15/h5-6,9-12,18H,3-4,7-8H2,1-2H3. The lowest BCUT2D eigenvalue weighted by Crippen LogP contribution is -2.06. The first-order chi connectivity index (χ1) is 10.3. The Hall–Kier alpha value is -2.17. The average Bonchev–Trinajstić information content (AvgIpc) is 2.82. The number of ether oxygens (including phenoxy) is 2. The second-order valence-corrected chi connectivity index (χ2v) is 5.21. The second kappa shape index (κ2) is 6.08. The summed E-state index contributed by atoms with van der Waals surface area (Å²) in [7, 11) is 0. The molecule has 1 N–H and O–H groups in total. The number of aromatic nitrogens is 2. The average molecular weight is 287 g/mol. The molecule has 1 unspecified atom stereocenters. The quantitative estimate of drug-likeness (QED) is 0.938. The number of nitrogens with zero attached hydrogens (tertiary/aromatic N) is 2. The van der Waals surface area contributed by atoms with E-state index in [0.717, 1.165) is 36.8 Å². The van der Waals surface area contributed by atoms with Crippen molar-refractivity contribution in [3.05, 3.63) is 36.2 Å². The highest BCUT2D eigenvalue weighted by molar-refractivity contribution is 5.47. The molecule has 0 amide bonds. The van der Waals surface area contributed by atoms with Crippen LogP contribution in [0.3, 0.4) is 0 Å². The van der Waals surface area contributed by atoms with Crippen molar-refractivity contribution in [1.82, 2.24) is 9.78 Å². The molecule has 2 aromatic rings. The molecule has 0 saturated heterocycles. The maximum Gasteiger partial charge on any atom is 0.161 e. The van der Waals surface area contributed by atoms with Gasteiger partial charge in [-0.1, -0.05) is 6.07 Å². The summed E-state index contributed by atoms with van der Waals surface area (Å²) in [6.07, 6.45) is 4.79. The third-order valence-electron chi connectivity index (χ3n) is 3.61. The molecule has 5 nitrogen and oxygen atoms in total. The first kappa shape index (κ1) is 13.8. The van der Waals surface area contributed by atoms with Gasteiger partial charge in [0.1, 0.15) is 0 Å². The van der Waals surface area contributed by atoms with E-state index in [1.807, 2.05) is 23.1 Å². The van der Waals surface area contributed by atoms with Gasteiger partial charge in [-0.05, 0) is 31.5 Å². The molecule has 112 valence electrons. The van der Waals surface area contributed by atoms with Crippen LogP contribution in [0.5, 0.6) is 11.5 Å². The molecule has 1 atom stereocenters. The van der Waals surface area contributed by atoms with Crippen molar-refractivity contribution in [3.63, 3.8) is 0 Å². The van der Waals surface area contributed by atoms with Crippen LogP contribution < -0.4 is 14.8 Å². The number of hydrogen-bond donors (Lipinski definition) is 1. The maximum absolute atomic E-state index is 5.74. The van der Waals surface area contributed by atoms with E-state index in [0.29, 0.717) is 6.61 Å². The molecular formula is C16H21N3O2. The van der Waals surface area contributed by atoms with Gasteiger partial charge in [-0.15, -0.1) is 0 Å². The number of rotatable bonds is 4. The summed E-state index contributed by atoms with van der Waals surface area (Å²) in [4.78, 5) is 0. The predicted molar refractivity (Wildman–Crippen MR) is 82.0 cm³/mol. The summed E-state index contributed by atoms with van der Waals surface area (Å²) in [6, 6.07) is 6.30. The first-order valence-electron chi connectivity index (χ1n) is 7.45. The highest BCUT2D eigenvalue weighted by atomic mass is 16.5. The van der Waals surface area contributed by atoms with Crippen molar-refractivity contribution in [1.29, 1.82) is 0 Å². The fraction of sp³-hybridized carbons (Fsp3) is 0.438. The summed E-state index contributed by atoms with van der Waals surface area (Å²) in [5, 5.41) is 7.73. The molecule has 0 radical (unpaired) electrons. The van der Waals surface area contributed by atoms with E-state index < -0.39 is 0 Å². The maximum atomic E-state index is 5.74. The Morgan fingerprint density at radius 1 is 1.29 bits per heavy atom. The topological polar surface area (TPSA) is 48.3 Å². The Labute approximate surface area is 124 Å². The number of hydrogen-bond acceptors (Lipinski definition) is 4. The van der Waals surface area contributed by atoms with Gasteiger partial charge >= 0.3 is 0 Å². The van der Waals surface area contributed by atoms with Crippen molar-refractivity contribution in [3.8, 4) is 11.5 Å². The molecule has 3 rings (SSSR count). The number of benzene rings is 1. The van der Waals surface area contributed by atoms with Crippen molar-refractivity contribution >= 4 is 5.69 Å². The highest BCUT2D eigenvalue weighted by Gasteiger charge is 2.14. The minimum atomic E-state index is 0.177. The number of nitrogens with one attached hydrogen (secondary N) is 1. The molecule has 2 heterocycles. The fourth-order valence-corrected chi connectivity index (χ4v) is 2.39. The van der Waals surface area contributed by atoms with Gasteiger partial charge in [0.05, 0.1) is 25.1 Å². The normalized spacial score (nSPS) is 15.3. The predicted octanol–water partition coefficient (Wildman–Crippen LogP) is 3.24. The lowest BCUT2D eigenvalue weighted by Gasteiger charge is -2.16. The zero-order valence-corrected chi connectivity index (χ0v) is 12.5. The molecule has 5 heteroatoms. The molecule has 1 aliphatic heterocycles. The largest absolute Gasteiger partial charge is 0.490 e. The molecule has 1 aromatic heterocycles. The van der Waals surface area contributed by atoms with E-state index in [1.165, 1.54) is 5.56 Å². The molecule has 0 fully saturated rings. The van der Waals surface area contributed by atoms with Gasteiger partial charge in [0.15, 0.2) is 11.5 Å². The van der Waals surface area contributed by atoms with Crippen LogP contribution in [0.25, 0.3) is 0 Å². The van der Waals surface area contributed by atoms with Crippen LogP contribution in [0.1, 0.15) is 31.9 Å². The van der Waals surface area contributed by atoms with Crippen molar-refractivity contribution < 1.29 is 9.47 Å². The van der Waals surface area contributed by atoms with Crippen LogP contribution in [0.15, 0.2) is 30.6 Å². The molecule has 1 aliphatic rings. The van der Waals surface area contributed by atoms with Gasteiger partial charge in [0.2, 0.25) is 0 Å². The third-order valence-corrected chi connectivity index (χ3v) is 3.61. The van der Waals surface area contributed by atoms with Crippen LogP contribution in [0.2, 0.25) is 0 Å². The van der Waals surface area contributed by atoms with Gasteiger partial charge in [-0.25, -0.2) is 0 Å². The smallest absolute Gasteiger partial charge is 0.161 e. The van der Waals surface area contributed by atoms with Crippen LogP contribution in [0, 0.1) is 0 Å². The minimum Gasteiger partial charge on any atom is -0.490 e. The number of fused-ring (bicyclic) bond motifs is 1.